The first kappa shape index (κ1) is 15.1. The van der Waals surface area contributed by atoms with Gasteiger partial charge in [0.15, 0.2) is 12.0 Å². The summed E-state index contributed by atoms with van der Waals surface area (Å²) < 4.78 is 1.87. The highest BCUT2D eigenvalue weighted by molar-refractivity contribution is 7.18. The second kappa shape index (κ2) is 6.22. The van der Waals surface area contributed by atoms with Crippen molar-refractivity contribution < 1.29 is 9.63 Å². The third-order valence-corrected chi connectivity index (χ3v) is 5.06. The molecule has 0 fully saturated rings. The molecule has 3 heterocycles. The standard InChI is InChI=1S/C18H17N3O2S/c1-12-4-6-13(7-5-12)16-11-19-18(24-16)20-23-17-9-8-15(22)14-3-2-10-21(14)17/h2-7,10-11,17H,8-9H2,1H3,(H,19,20). The Morgan fingerprint density at radius 1 is 1.29 bits per heavy atom. The first-order valence-corrected chi connectivity index (χ1v) is 8.67. The Labute approximate surface area is 143 Å². The summed E-state index contributed by atoms with van der Waals surface area (Å²) in [6.45, 7) is 2.07. The van der Waals surface area contributed by atoms with Gasteiger partial charge in [0.1, 0.15) is 0 Å². The van der Waals surface area contributed by atoms with Gasteiger partial charge in [-0.25, -0.2) is 15.3 Å². The number of Topliss-reactive ketones (excluding diaryl/α,β-unsaturated/α-hetero) is 1. The first-order valence-electron chi connectivity index (χ1n) is 7.85. The van der Waals surface area contributed by atoms with Crippen molar-refractivity contribution in [3.8, 4) is 10.4 Å². The maximum atomic E-state index is 11.8. The highest BCUT2D eigenvalue weighted by Crippen LogP contribution is 2.31. The van der Waals surface area contributed by atoms with Crippen LogP contribution >= 0.6 is 11.3 Å². The van der Waals surface area contributed by atoms with E-state index in [0.29, 0.717) is 23.7 Å². The van der Waals surface area contributed by atoms with Crippen molar-refractivity contribution in [2.75, 3.05) is 5.48 Å². The van der Waals surface area contributed by atoms with Gasteiger partial charge < -0.3 is 4.57 Å². The van der Waals surface area contributed by atoms with E-state index in [1.807, 2.05) is 29.1 Å². The van der Waals surface area contributed by atoms with Gasteiger partial charge in [0.25, 0.3) is 0 Å². The monoisotopic (exact) mass is 339 g/mol. The van der Waals surface area contributed by atoms with Crippen LogP contribution in [-0.4, -0.2) is 15.3 Å². The highest BCUT2D eigenvalue weighted by Gasteiger charge is 2.25. The molecule has 2 aromatic heterocycles. The smallest absolute Gasteiger partial charge is 0.207 e. The van der Waals surface area contributed by atoms with E-state index in [2.05, 4.69) is 41.7 Å². The van der Waals surface area contributed by atoms with Gasteiger partial charge in [-0.2, -0.15) is 0 Å². The minimum Gasteiger partial charge on any atom is -0.316 e. The number of aromatic nitrogens is 2. The number of anilines is 1. The van der Waals surface area contributed by atoms with E-state index < -0.39 is 0 Å². The van der Waals surface area contributed by atoms with Gasteiger partial charge >= 0.3 is 0 Å². The number of carbonyl (C=O) groups excluding carboxylic acids is 1. The minimum atomic E-state index is -0.195. The SMILES string of the molecule is Cc1ccc(-c2cnc(NOC3CCC(=O)c4cccn43)s2)cc1. The Morgan fingerprint density at radius 3 is 2.96 bits per heavy atom. The van der Waals surface area contributed by atoms with Crippen LogP contribution in [0, 0.1) is 6.92 Å². The third kappa shape index (κ3) is 2.86. The van der Waals surface area contributed by atoms with Gasteiger partial charge in [0.2, 0.25) is 5.13 Å². The zero-order valence-corrected chi connectivity index (χ0v) is 14.0. The number of ketones is 1. The molecule has 122 valence electrons. The summed E-state index contributed by atoms with van der Waals surface area (Å²) in [5.74, 6) is 0.163. The second-order valence-electron chi connectivity index (χ2n) is 5.83. The summed E-state index contributed by atoms with van der Waals surface area (Å²) in [6.07, 6.45) is 4.68. The molecule has 0 saturated carbocycles. The van der Waals surface area contributed by atoms with E-state index in [-0.39, 0.29) is 12.0 Å². The number of benzene rings is 1. The lowest BCUT2D eigenvalue weighted by Gasteiger charge is -2.24. The molecule has 0 aliphatic carbocycles. The number of carbonyl (C=O) groups is 1. The zero-order chi connectivity index (χ0) is 16.5. The number of rotatable bonds is 4. The summed E-state index contributed by atoms with van der Waals surface area (Å²) in [7, 11) is 0. The van der Waals surface area contributed by atoms with E-state index in [9.17, 15) is 4.79 Å². The van der Waals surface area contributed by atoms with Gasteiger partial charge in [0, 0.05) is 25.2 Å². The first-order chi connectivity index (χ1) is 11.7. The molecule has 0 amide bonds. The normalized spacial score (nSPS) is 16.9. The van der Waals surface area contributed by atoms with Crippen LogP contribution < -0.4 is 5.48 Å². The van der Waals surface area contributed by atoms with Crippen molar-refractivity contribution in [1.29, 1.82) is 0 Å². The summed E-state index contributed by atoms with van der Waals surface area (Å²) in [5, 5.41) is 0.705. The maximum Gasteiger partial charge on any atom is 0.207 e. The Balaban J connectivity index is 1.45. The van der Waals surface area contributed by atoms with Crippen molar-refractivity contribution >= 4 is 22.3 Å². The number of nitrogens with one attached hydrogen (secondary N) is 1. The van der Waals surface area contributed by atoms with Crippen LogP contribution in [-0.2, 0) is 4.84 Å². The highest BCUT2D eigenvalue weighted by atomic mass is 32.1. The van der Waals surface area contributed by atoms with Gasteiger partial charge in [-0.15, -0.1) is 0 Å². The van der Waals surface area contributed by atoms with Crippen molar-refractivity contribution in [2.24, 2.45) is 0 Å². The van der Waals surface area contributed by atoms with E-state index in [1.54, 1.807) is 11.3 Å². The minimum absolute atomic E-state index is 0.163. The maximum absolute atomic E-state index is 11.8. The molecule has 1 unspecified atom stereocenters. The Hall–Kier alpha value is -2.44. The van der Waals surface area contributed by atoms with Crippen molar-refractivity contribution in [2.45, 2.75) is 26.0 Å². The number of nitrogens with zero attached hydrogens (tertiary/aromatic N) is 2. The quantitative estimate of drug-likeness (QED) is 0.714. The fourth-order valence-electron chi connectivity index (χ4n) is 2.81. The van der Waals surface area contributed by atoms with Crippen LogP contribution in [0.5, 0.6) is 0 Å². The summed E-state index contributed by atoms with van der Waals surface area (Å²) in [6, 6.07) is 12.1. The van der Waals surface area contributed by atoms with E-state index in [1.165, 1.54) is 5.56 Å². The van der Waals surface area contributed by atoms with Crippen LogP contribution in [0.15, 0.2) is 48.8 Å². The Morgan fingerprint density at radius 2 is 2.12 bits per heavy atom. The molecule has 1 aliphatic rings. The summed E-state index contributed by atoms with van der Waals surface area (Å²) >= 11 is 1.54. The topological polar surface area (TPSA) is 56.2 Å². The molecule has 0 spiro atoms. The lowest BCUT2D eigenvalue weighted by atomic mass is 10.1. The average molecular weight is 339 g/mol. The molecule has 0 bridgehead atoms. The Kier molecular flexibility index (Phi) is 3.92. The molecule has 6 heteroatoms. The molecule has 4 rings (SSSR count). The Bertz CT molecular complexity index is 867. The molecule has 1 aromatic carbocycles. The van der Waals surface area contributed by atoms with Crippen LogP contribution in [0.2, 0.25) is 0 Å². The van der Waals surface area contributed by atoms with E-state index in [4.69, 9.17) is 4.84 Å². The molecule has 1 atom stereocenters. The molecule has 0 saturated heterocycles. The second-order valence-corrected chi connectivity index (χ2v) is 6.86. The lowest BCUT2D eigenvalue weighted by molar-refractivity contribution is 0.0234. The van der Waals surface area contributed by atoms with Crippen LogP contribution in [0.25, 0.3) is 10.4 Å². The van der Waals surface area contributed by atoms with E-state index in [0.717, 1.165) is 10.4 Å². The molecule has 1 N–H and O–H groups in total. The molecular weight excluding hydrogens is 322 g/mol. The van der Waals surface area contributed by atoms with Gasteiger partial charge in [0.05, 0.1) is 10.6 Å². The predicted octanol–water partition coefficient (Wildman–Crippen LogP) is 4.44. The molecule has 0 radical (unpaired) electrons. The largest absolute Gasteiger partial charge is 0.316 e. The number of thiazole rings is 1. The van der Waals surface area contributed by atoms with Crippen molar-refractivity contribution in [1.82, 2.24) is 9.55 Å². The molecule has 1 aliphatic heterocycles. The fraction of sp³-hybridized carbons (Fsp3) is 0.222. The van der Waals surface area contributed by atoms with Crippen molar-refractivity contribution in [3.05, 3.63) is 60.0 Å². The summed E-state index contributed by atoms with van der Waals surface area (Å²) in [5.41, 5.74) is 6.01. The number of hydrogen-bond donors (Lipinski definition) is 1. The third-order valence-electron chi connectivity index (χ3n) is 4.12. The average Bonchev–Trinajstić information content (AvgIpc) is 3.25. The van der Waals surface area contributed by atoms with Crippen LogP contribution in [0.3, 0.4) is 0 Å². The molecular formula is C18H17N3O2S. The molecule has 3 aromatic rings. The van der Waals surface area contributed by atoms with Crippen LogP contribution in [0.4, 0.5) is 5.13 Å². The number of aryl methyl sites for hydroxylation is 1. The number of fused-ring (bicyclic) bond motifs is 1. The molecule has 5 nitrogen and oxygen atoms in total. The van der Waals surface area contributed by atoms with Gasteiger partial charge in [-0.05, 0) is 24.6 Å². The predicted molar refractivity (Wildman–Crippen MR) is 94.0 cm³/mol. The zero-order valence-electron chi connectivity index (χ0n) is 13.2. The van der Waals surface area contributed by atoms with E-state index >= 15 is 0 Å². The van der Waals surface area contributed by atoms with Gasteiger partial charge in [-0.3, -0.25) is 4.79 Å². The lowest BCUT2D eigenvalue weighted by Crippen LogP contribution is -2.25. The van der Waals surface area contributed by atoms with Crippen LogP contribution in [0.1, 0.15) is 35.1 Å². The van der Waals surface area contributed by atoms with Gasteiger partial charge in [-0.1, -0.05) is 41.2 Å². The van der Waals surface area contributed by atoms with Crippen molar-refractivity contribution in [3.63, 3.8) is 0 Å². The molecule has 24 heavy (non-hydrogen) atoms. The fourth-order valence-corrected chi connectivity index (χ4v) is 3.57. The summed E-state index contributed by atoms with van der Waals surface area (Å²) in [4.78, 5) is 23.1. The number of hydrogen-bond acceptors (Lipinski definition) is 5.